The lowest BCUT2D eigenvalue weighted by Crippen LogP contribution is -2.09. The molecule has 0 bridgehead atoms. The fraction of sp³-hybridized carbons (Fsp3) is 0.118. The van der Waals surface area contributed by atoms with Crippen molar-refractivity contribution < 1.29 is 14.1 Å². The summed E-state index contributed by atoms with van der Waals surface area (Å²) in [4.78, 5) is 12.8. The Bertz CT molecular complexity index is 637. The second kappa shape index (κ2) is 7.11. The van der Waals surface area contributed by atoms with E-state index >= 15 is 0 Å². The largest absolute Gasteiger partial charge is 0.606 e. The Morgan fingerprint density at radius 2 is 1.76 bits per heavy atom. The summed E-state index contributed by atoms with van der Waals surface area (Å²) < 4.78 is 17.7. The zero-order valence-electron chi connectivity index (χ0n) is 11.7. The molecule has 0 amide bonds. The smallest absolute Gasteiger partial charge is 0.333 e. The van der Waals surface area contributed by atoms with Gasteiger partial charge in [-0.3, -0.25) is 0 Å². The van der Waals surface area contributed by atoms with Crippen LogP contribution >= 0.6 is 0 Å². The molecule has 1 unspecified atom stereocenters. The molecule has 0 aliphatic carbocycles. The van der Waals surface area contributed by atoms with Gasteiger partial charge < -0.3 is 9.29 Å². The van der Waals surface area contributed by atoms with Gasteiger partial charge in [0.25, 0.3) is 0 Å². The predicted molar refractivity (Wildman–Crippen MR) is 82.2 cm³/mol. The Labute approximate surface area is 127 Å². The van der Waals surface area contributed by atoms with Gasteiger partial charge in [-0.2, -0.15) is 0 Å². The SMILES string of the molecule is C=C(C)C(=O)OCc1ccccc1[S+]([O-])c1ccccc1. The lowest BCUT2D eigenvalue weighted by atomic mass is 10.2. The number of esters is 1. The van der Waals surface area contributed by atoms with Crippen molar-refractivity contribution in [2.45, 2.75) is 23.3 Å². The third-order valence-corrected chi connectivity index (χ3v) is 4.33. The molecule has 0 spiro atoms. The molecule has 0 heterocycles. The van der Waals surface area contributed by atoms with Crippen molar-refractivity contribution in [3.63, 3.8) is 0 Å². The summed E-state index contributed by atoms with van der Waals surface area (Å²) in [6.45, 7) is 5.22. The van der Waals surface area contributed by atoms with Crippen molar-refractivity contribution in [2.24, 2.45) is 0 Å². The first-order valence-corrected chi connectivity index (χ1v) is 7.62. The third-order valence-electron chi connectivity index (χ3n) is 2.84. The Morgan fingerprint density at radius 1 is 1.14 bits per heavy atom. The van der Waals surface area contributed by atoms with Gasteiger partial charge in [0.15, 0.2) is 9.79 Å². The average molecular weight is 300 g/mol. The summed E-state index contributed by atoms with van der Waals surface area (Å²) in [7, 11) is 0. The van der Waals surface area contributed by atoms with Crippen LogP contribution in [0.4, 0.5) is 0 Å². The summed E-state index contributed by atoms with van der Waals surface area (Å²) in [5.74, 6) is -0.449. The van der Waals surface area contributed by atoms with E-state index < -0.39 is 17.1 Å². The molecule has 0 fully saturated rings. The second-order valence-electron chi connectivity index (χ2n) is 4.55. The fourth-order valence-corrected chi connectivity index (χ4v) is 2.97. The molecule has 0 saturated carbocycles. The standard InChI is InChI=1S/C17H16O3S/c1-13(2)17(18)20-12-14-8-6-7-11-16(14)21(19)15-9-4-3-5-10-15/h3-11H,1,12H2,2H3. The van der Waals surface area contributed by atoms with E-state index in [0.717, 1.165) is 10.5 Å². The number of ether oxygens (including phenoxy) is 1. The zero-order valence-corrected chi connectivity index (χ0v) is 12.6. The third kappa shape index (κ3) is 3.97. The van der Waals surface area contributed by atoms with Crippen molar-refractivity contribution in [2.75, 3.05) is 0 Å². The molecule has 2 rings (SSSR count). The van der Waals surface area contributed by atoms with Crippen LogP contribution in [-0.2, 0) is 27.3 Å². The quantitative estimate of drug-likeness (QED) is 0.482. The number of carbonyl (C=O) groups excluding carboxylic acids is 1. The molecule has 3 nitrogen and oxygen atoms in total. The molecule has 4 heteroatoms. The molecule has 1 atom stereocenters. The molecule has 108 valence electrons. The second-order valence-corrected chi connectivity index (χ2v) is 5.99. The van der Waals surface area contributed by atoms with E-state index in [4.69, 9.17) is 4.74 Å². The van der Waals surface area contributed by atoms with Crippen LogP contribution in [0.25, 0.3) is 0 Å². The Kier molecular flexibility index (Phi) is 5.20. The molecule has 21 heavy (non-hydrogen) atoms. The summed E-state index contributed by atoms with van der Waals surface area (Å²) in [6, 6.07) is 16.4. The van der Waals surface area contributed by atoms with Gasteiger partial charge in [-0.05, 0) is 25.1 Å². The summed E-state index contributed by atoms with van der Waals surface area (Å²) in [5.41, 5.74) is 1.07. The first-order chi connectivity index (χ1) is 10.1. The van der Waals surface area contributed by atoms with Crippen molar-refractivity contribution in [1.82, 2.24) is 0 Å². The van der Waals surface area contributed by atoms with Crippen LogP contribution in [-0.4, -0.2) is 10.5 Å². The van der Waals surface area contributed by atoms with Crippen LogP contribution in [0, 0.1) is 0 Å². The van der Waals surface area contributed by atoms with Gasteiger partial charge in [-0.25, -0.2) is 4.79 Å². The minimum absolute atomic E-state index is 0.0838. The summed E-state index contributed by atoms with van der Waals surface area (Å²) in [6.07, 6.45) is 0. The van der Waals surface area contributed by atoms with E-state index in [9.17, 15) is 9.35 Å². The molecule has 0 radical (unpaired) electrons. The fourth-order valence-electron chi connectivity index (χ4n) is 1.74. The molecule has 2 aromatic rings. The number of hydrogen-bond donors (Lipinski definition) is 0. The minimum atomic E-state index is -1.30. The Balaban J connectivity index is 2.21. The van der Waals surface area contributed by atoms with Gasteiger partial charge in [0.2, 0.25) is 0 Å². The molecule has 0 aliphatic heterocycles. The topological polar surface area (TPSA) is 49.4 Å². The Hall–Kier alpha value is -2.04. The van der Waals surface area contributed by atoms with Gasteiger partial charge in [0.1, 0.15) is 6.61 Å². The molecular weight excluding hydrogens is 284 g/mol. The highest BCUT2D eigenvalue weighted by molar-refractivity contribution is 7.91. The zero-order chi connectivity index (χ0) is 15.2. The first kappa shape index (κ1) is 15.4. The highest BCUT2D eigenvalue weighted by Crippen LogP contribution is 2.24. The van der Waals surface area contributed by atoms with Gasteiger partial charge in [-0.15, -0.1) is 0 Å². The van der Waals surface area contributed by atoms with E-state index in [-0.39, 0.29) is 6.61 Å². The number of carbonyl (C=O) groups is 1. The van der Waals surface area contributed by atoms with Crippen LogP contribution in [0.15, 0.2) is 76.5 Å². The van der Waals surface area contributed by atoms with Gasteiger partial charge in [0.05, 0.1) is 0 Å². The van der Waals surface area contributed by atoms with Crippen LogP contribution in [0.1, 0.15) is 12.5 Å². The maximum Gasteiger partial charge on any atom is 0.333 e. The van der Waals surface area contributed by atoms with Gasteiger partial charge in [-0.1, -0.05) is 43.0 Å². The number of rotatable bonds is 5. The van der Waals surface area contributed by atoms with E-state index in [1.54, 1.807) is 13.0 Å². The molecule has 2 aromatic carbocycles. The molecule has 0 N–H and O–H groups in total. The number of benzene rings is 2. The number of hydrogen-bond acceptors (Lipinski definition) is 3. The van der Waals surface area contributed by atoms with Crippen LogP contribution in [0.2, 0.25) is 0 Å². The van der Waals surface area contributed by atoms with E-state index in [2.05, 4.69) is 6.58 Å². The molecule has 0 saturated heterocycles. The molecular formula is C17H16O3S. The van der Waals surface area contributed by atoms with Crippen LogP contribution < -0.4 is 0 Å². The highest BCUT2D eigenvalue weighted by Gasteiger charge is 2.19. The van der Waals surface area contributed by atoms with Crippen LogP contribution in [0.5, 0.6) is 0 Å². The first-order valence-electron chi connectivity index (χ1n) is 6.47. The summed E-state index contributed by atoms with van der Waals surface area (Å²) >= 11 is -1.30. The lowest BCUT2D eigenvalue weighted by Gasteiger charge is -2.13. The van der Waals surface area contributed by atoms with Crippen molar-refractivity contribution in [1.29, 1.82) is 0 Å². The van der Waals surface area contributed by atoms with Crippen molar-refractivity contribution in [3.8, 4) is 0 Å². The maximum absolute atomic E-state index is 12.6. The Morgan fingerprint density at radius 3 is 2.43 bits per heavy atom. The lowest BCUT2D eigenvalue weighted by molar-refractivity contribution is -0.140. The minimum Gasteiger partial charge on any atom is -0.606 e. The van der Waals surface area contributed by atoms with Crippen molar-refractivity contribution in [3.05, 3.63) is 72.3 Å². The van der Waals surface area contributed by atoms with E-state index in [1.807, 2.05) is 48.5 Å². The summed E-state index contributed by atoms with van der Waals surface area (Å²) in [5, 5.41) is 0. The average Bonchev–Trinajstić information content (AvgIpc) is 2.53. The van der Waals surface area contributed by atoms with E-state index in [1.165, 1.54) is 0 Å². The van der Waals surface area contributed by atoms with Gasteiger partial charge >= 0.3 is 5.97 Å². The highest BCUT2D eigenvalue weighted by atomic mass is 32.2. The normalized spacial score (nSPS) is 11.7. The monoisotopic (exact) mass is 300 g/mol. The van der Waals surface area contributed by atoms with E-state index in [0.29, 0.717) is 10.5 Å². The van der Waals surface area contributed by atoms with Crippen LogP contribution in [0.3, 0.4) is 0 Å². The molecule has 0 aromatic heterocycles. The van der Waals surface area contributed by atoms with Crippen molar-refractivity contribution >= 4 is 17.1 Å². The van der Waals surface area contributed by atoms with Gasteiger partial charge in [0, 0.05) is 22.3 Å². The molecule has 0 aliphatic rings. The maximum atomic E-state index is 12.6. The predicted octanol–water partition coefficient (Wildman–Crippen LogP) is 3.47.